The highest BCUT2D eigenvalue weighted by Gasteiger charge is 2.20. The average molecular weight is 1340 g/mol. The molecule has 0 aliphatic rings. The lowest BCUT2D eigenvalue weighted by molar-refractivity contribution is 1.29. The fourth-order valence-corrected chi connectivity index (χ4v) is 17.1. The molecule has 4 heterocycles. The minimum atomic E-state index is 0. The van der Waals surface area contributed by atoms with E-state index in [4.69, 9.17) is 11.6 Å². The topological polar surface area (TPSA) is 21.8 Å². The number of para-hydroxylation sites is 6. The number of anilines is 11. The first-order valence-electron chi connectivity index (χ1n) is 30.9. The lowest BCUT2D eigenvalue weighted by Gasteiger charge is -2.26. The molecule has 18 aromatic rings. The molecule has 0 radical (unpaired) electrons. The molecule has 0 saturated heterocycles. The van der Waals surface area contributed by atoms with E-state index < -0.39 is 0 Å². The van der Waals surface area contributed by atoms with Crippen LogP contribution in [0.1, 0.15) is 7.43 Å². The molecule has 0 amide bonds. The number of nitrogens with zero attached hydrogens (tertiary/aromatic N) is 3. The molecule has 0 bridgehead atoms. The molecule has 4 nitrogen and oxygen atoms in total. The number of halogens is 1. The third-order valence-corrected chi connectivity index (χ3v) is 21.6. The van der Waals surface area contributed by atoms with Gasteiger partial charge in [0.25, 0.3) is 0 Å². The van der Waals surface area contributed by atoms with Crippen molar-refractivity contribution in [1.82, 2.24) is 0 Å². The fraction of sp³-hybridized carbons (Fsp3) is 0.0118. The highest BCUT2D eigenvalue weighted by Crippen LogP contribution is 2.47. The van der Waals surface area contributed by atoms with Crippen molar-refractivity contribution in [3.8, 4) is 0 Å². The van der Waals surface area contributed by atoms with Gasteiger partial charge in [-0.05, 0) is 182 Å². The molecule has 0 saturated carbocycles. The Bertz CT molecular complexity index is 5570. The Morgan fingerprint density at radius 2 is 0.463 bits per heavy atom. The number of benzene rings is 14. The number of thiophene rings is 4. The van der Waals surface area contributed by atoms with Crippen LogP contribution in [-0.4, -0.2) is 0 Å². The zero-order valence-corrected chi connectivity index (χ0v) is 55.9. The van der Waals surface area contributed by atoms with Crippen LogP contribution < -0.4 is 20.0 Å². The van der Waals surface area contributed by atoms with Gasteiger partial charge in [0.1, 0.15) is 0 Å². The highest BCUT2D eigenvalue weighted by atomic mass is 35.5. The van der Waals surface area contributed by atoms with E-state index >= 15 is 0 Å². The number of hydrogen-bond donors (Lipinski definition) is 1. The molecular weight excluding hydrogens is 1270 g/mol. The Hall–Kier alpha value is -10.1. The highest BCUT2D eigenvalue weighted by molar-refractivity contribution is 7.27. The Balaban J connectivity index is 0.000000139. The minimum absolute atomic E-state index is 0. The summed E-state index contributed by atoms with van der Waals surface area (Å²) in [5, 5.41) is 14.4. The minimum Gasteiger partial charge on any atom is -0.577 e. The molecule has 18 rings (SSSR count). The van der Waals surface area contributed by atoms with Crippen molar-refractivity contribution in [1.29, 1.82) is 0 Å². The number of fused-ring (bicyclic) bond motifs is 12. The standard InChI is InChI=1S/C42H28N2S2.C30H18ClNS2.C12H11N.CH4.H2P/c1-4-12-29(13-5-1)43(30-14-6-2-7-15-30)34-20-23-36-38-27-33(22-25-41(38)46-42(36)28-34)44(31-16-8-3-9-17-31)32-21-24-40-37(26-32)35-18-10-11-19-39(35)45-40;31-19-10-13-24-26-18-22(12-15-29(26)34-30(24)16-19)32(20-6-2-1-3-7-20)21-11-14-28-25(17-21)23-8-4-5-9-27(23)33-28;1-3-7-11(8-4-1)13-12-9-5-2-6-10-12;;/h1-28H;1-18H;1-10,13H;1H4;1H2/q;;;;-1. The van der Waals surface area contributed by atoms with Crippen molar-refractivity contribution < 1.29 is 0 Å². The monoisotopic (exact) mass is 1330 g/mol. The van der Waals surface area contributed by atoms with E-state index in [9.17, 15) is 0 Å². The largest absolute Gasteiger partial charge is 0.577 e. The third kappa shape index (κ3) is 12.8. The lowest BCUT2D eigenvalue weighted by Crippen LogP contribution is -2.09. The molecule has 95 heavy (non-hydrogen) atoms. The van der Waals surface area contributed by atoms with Gasteiger partial charge in [0.2, 0.25) is 0 Å². The molecule has 0 fully saturated rings. The second-order valence-corrected chi connectivity index (χ2v) is 27.4. The van der Waals surface area contributed by atoms with Crippen molar-refractivity contribution in [2.75, 3.05) is 20.0 Å². The molecule has 0 aliphatic carbocycles. The summed E-state index contributed by atoms with van der Waals surface area (Å²) in [4.78, 5) is 7.07. The fourth-order valence-electron chi connectivity index (χ4n) is 12.5. The summed E-state index contributed by atoms with van der Waals surface area (Å²) in [5.74, 6) is 0. The molecular formula is C85H63ClN4PS4-. The lowest BCUT2D eigenvalue weighted by atomic mass is 10.1. The maximum atomic E-state index is 6.27. The first-order chi connectivity index (χ1) is 46.0. The van der Waals surface area contributed by atoms with Gasteiger partial charge in [-0.2, -0.15) is 0 Å². The van der Waals surface area contributed by atoms with E-state index in [2.05, 4.69) is 293 Å². The van der Waals surface area contributed by atoms with Crippen LogP contribution in [0.15, 0.2) is 340 Å². The number of rotatable bonds is 11. The second-order valence-electron chi connectivity index (χ2n) is 22.6. The van der Waals surface area contributed by atoms with Gasteiger partial charge in [-0.3, -0.25) is 0 Å². The third-order valence-electron chi connectivity index (χ3n) is 16.8. The van der Waals surface area contributed by atoms with Crippen LogP contribution in [0, 0.1) is 0 Å². The Kier molecular flexibility index (Phi) is 18.3. The molecule has 14 aromatic carbocycles. The number of nitrogens with one attached hydrogen (secondary N) is 1. The van der Waals surface area contributed by atoms with Crippen LogP contribution in [0.5, 0.6) is 0 Å². The van der Waals surface area contributed by atoms with Crippen LogP contribution in [0.4, 0.5) is 62.6 Å². The van der Waals surface area contributed by atoms with E-state index in [-0.39, 0.29) is 17.3 Å². The molecule has 460 valence electrons. The average Bonchev–Trinajstić information content (AvgIpc) is 1.60. The maximum Gasteiger partial charge on any atom is 0.0476 e. The maximum absolute atomic E-state index is 6.27. The predicted molar refractivity (Wildman–Crippen MR) is 426 cm³/mol. The summed E-state index contributed by atoms with van der Waals surface area (Å²) in [5.41, 5.74) is 12.6. The van der Waals surface area contributed by atoms with Crippen LogP contribution in [0.2, 0.25) is 5.02 Å². The zero-order valence-electron chi connectivity index (χ0n) is 50.8. The van der Waals surface area contributed by atoms with Gasteiger partial charge in [0.05, 0.1) is 0 Å². The first kappa shape index (κ1) is 62.3. The second kappa shape index (κ2) is 27.8. The normalized spacial score (nSPS) is 11.0. The van der Waals surface area contributed by atoms with Gasteiger partial charge in [0.15, 0.2) is 0 Å². The van der Waals surface area contributed by atoms with E-state index in [0.717, 1.165) is 67.6 Å². The van der Waals surface area contributed by atoms with E-state index in [1.807, 2.05) is 101 Å². The smallest absolute Gasteiger partial charge is 0.0476 e. The van der Waals surface area contributed by atoms with Crippen molar-refractivity contribution in [3.05, 3.63) is 345 Å². The molecule has 0 spiro atoms. The first-order valence-corrected chi connectivity index (χ1v) is 34.5. The molecule has 0 unspecified atom stereocenters. The summed E-state index contributed by atoms with van der Waals surface area (Å²) < 4.78 is 10.3. The predicted octanol–water partition coefficient (Wildman–Crippen LogP) is 28.3. The van der Waals surface area contributed by atoms with Crippen molar-refractivity contribution in [3.63, 3.8) is 0 Å². The molecule has 10 heteroatoms. The van der Waals surface area contributed by atoms with E-state index in [0.29, 0.717) is 0 Å². The van der Waals surface area contributed by atoms with E-state index in [1.54, 1.807) is 11.3 Å². The zero-order chi connectivity index (χ0) is 62.0. The molecule has 4 aromatic heterocycles. The summed E-state index contributed by atoms with van der Waals surface area (Å²) in [6.45, 7) is 0. The van der Waals surface area contributed by atoms with Gasteiger partial charge in [-0.1, -0.05) is 177 Å². The van der Waals surface area contributed by atoms with Crippen molar-refractivity contribution in [2.24, 2.45) is 0 Å². The Morgan fingerprint density at radius 1 is 0.211 bits per heavy atom. The molecule has 0 atom stereocenters. The summed E-state index contributed by atoms with van der Waals surface area (Å²) >= 11 is 13.6. The summed E-state index contributed by atoms with van der Waals surface area (Å²) in [7, 11) is 0. The Morgan fingerprint density at radius 3 is 0.832 bits per heavy atom. The molecule has 0 aliphatic heterocycles. The summed E-state index contributed by atoms with van der Waals surface area (Å²) in [6.07, 6.45) is 0. The van der Waals surface area contributed by atoms with Crippen LogP contribution in [-0.2, 0) is 0 Å². The SMILES string of the molecule is C.Clc1ccc2c(c1)sc1ccc(N(c3ccccc3)c3ccc4sc5ccccc5c4c3)cc12.[PH2-].c1ccc(N(c2ccccc2)c2ccc3c(c2)sc2ccc(N(c4ccccc4)c4ccc5sc6ccccc6c5c4)cc23)cc1.c1ccc(Nc2ccccc2)cc1. The molecule has 1 N–H and O–H groups in total. The van der Waals surface area contributed by atoms with Crippen LogP contribution >= 0.6 is 66.8 Å². The quantitative estimate of drug-likeness (QED) is 0.130. The van der Waals surface area contributed by atoms with Gasteiger partial charge < -0.3 is 29.9 Å². The number of hydrogen-bond acceptors (Lipinski definition) is 8. The van der Waals surface area contributed by atoms with Crippen molar-refractivity contribution in [2.45, 2.75) is 7.43 Å². The van der Waals surface area contributed by atoms with E-state index in [1.165, 1.54) is 80.7 Å². The summed E-state index contributed by atoms with van der Waals surface area (Å²) in [6, 6.07) is 121. The van der Waals surface area contributed by atoms with Crippen LogP contribution in [0.25, 0.3) is 80.7 Å². The van der Waals surface area contributed by atoms with Gasteiger partial charge >= 0.3 is 0 Å². The van der Waals surface area contributed by atoms with Gasteiger partial charge in [-0.25, -0.2) is 0 Å². The van der Waals surface area contributed by atoms with Gasteiger partial charge in [0, 0.05) is 148 Å². The van der Waals surface area contributed by atoms with Gasteiger partial charge in [-0.15, -0.1) is 45.3 Å². The van der Waals surface area contributed by atoms with Crippen LogP contribution in [0.3, 0.4) is 0 Å². The Labute approximate surface area is 577 Å². The van der Waals surface area contributed by atoms with Crippen molar-refractivity contribution >= 4 is 210 Å².